The predicted octanol–water partition coefficient (Wildman–Crippen LogP) is 2.78. The molecule has 2 aromatic rings. The molecule has 0 spiro atoms. The van der Waals surface area contributed by atoms with Crippen LogP contribution in [-0.4, -0.2) is 73.7 Å². The Morgan fingerprint density at radius 3 is 2.50 bits per heavy atom. The first-order chi connectivity index (χ1) is 15.5. The molecule has 5 rings (SSSR count). The summed E-state index contributed by atoms with van der Waals surface area (Å²) in [6, 6.07) is 14.2. The molecule has 2 saturated heterocycles. The van der Waals surface area contributed by atoms with E-state index in [1.807, 2.05) is 12.1 Å². The number of phenols is 1. The van der Waals surface area contributed by atoms with E-state index in [4.69, 9.17) is 4.74 Å². The van der Waals surface area contributed by atoms with Crippen LogP contribution in [-0.2, 0) is 17.6 Å². The molecule has 6 nitrogen and oxygen atoms in total. The number of aromatic hydroxyl groups is 1. The van der Waals surface area contributed by atoms with Crippen molar-refractivity contribution in [2.45, 2.75) is 25.3 Å². The minimum absolute atomic E-state index is 0.0673. The number of methoxy groups -OCH3 is 1. The maximum Gasteiger partial charge on any atom is 0.227 e. The molecule has 32 heavy (non-hydrogen) atoms. The van der Waals surface area contributed by atoms with Crippen LogP contribution in [0.25, 0.3) is 0 Å². The van der Waals surface area contributed by atoms with Gasteiger partial charge in [-0.05, 0) is 73.7 Å². The number of anilines is 1. The van der Waals surface area contributed by atoms with Crippen molar-refractivity contribution >= 4 is 11.6 Å². The number of rotatable bonds is 3. The third-order valence-corrected chi connectivity index (χ3v) is 7.71. The molecular weight excluding hydrogens is 402 g/mol. The highest BCUT2D eigenvalue weighted by Gasteiger charge is 2.41. The second kappa shape index (κ2) is 8.66. The Hall–Kier alpha value is -2.73. The van der Waals surface area contributed by atoms with Crippen molar-refractivity contribution in [1.82, 2.24) is 9.80 Å². The highest BCUT2D eigenvalue weighted by atomic mass is 16.5. The first-order valence-corrected chi connectivity index (χ1v) is 11.7. The Bertz CT molecular complexity index is 969. The molecule has 0 saturated carbocycles. The summed E-state index contributed by atoms with van der Waals surface area (Å²) in [5.74, 6) is 2.14. The smallest absolute Gasteiger partial charge is 0.227 e. The van der Waals surface area contributed by atoms with E-state index in [-0.39, 0.29) is 11.7 Å². The molecule has 6 heteroatoms. The van der Waals surface area contributed by atoms with E-state index in [0.717, 1.165) is 63.4 Å². The fraction of sp³-hybridized carbons (Fsp3) is 0.500. The highest BCUT2D eigenvalue weighted by molar-refractivity contribution is 5.79. The predicted molar refractivity (Wildman–Crippen MR) is 125 cm³/mol. The number of phenolic OH excluding ortho intramolecular Hbond substituents is 1. The molecule has 0 radical (unpaired) electrons. The highest BCUT2D eigenvalue weighted by Crippen LogP contribution is 2.40. The van der Waals surface area contributed by atoms with Gasteiger partial charge in [-0.3, -0.25) is 4.79 Å². The fourth-order valence-electron chi connectivity index (χ4n) is 5.98. The van der Waals surface area contributed by atoms with Crippen molar-refractivity contribution in [3.63, 3.8) is 0 Å². The summed E-state index contributed by atoms with van der Waals surface area (Å²) in [4.78, 5) is 20.2. The number of amides is 1. The van der Waals surface area contributed by atoms with Crippen LogP contribution in [0, 0.1) is 11.8 Å². The molecule has 0 bridgehead atoms. The summed E-state index contributed by atoms with van der Waals surface area (Å²) in [5, 5.41) is 9.52. The summed E-state index contributed by atoms with van der Waals surface area (Å²) >= 11 is 0. The second-order valence-corrected chi connectivity index (χ2v) is 9.53. The van der Waals surface area contributed by atoms with Gasteiger partial charge in [0.1, 0.15) is 11.5 Å². The van der Waals surface area contributed by atoms with Gasteiger partial charge in [0, 0.05) is 44.5 Å². The van der Waals surface area contributed by atoms with E-state index in [1.165, 1.54) is 11.1 Å². The number of piperazine rings is 1. The van der Waals surface area contributed by atoms with Gasteiger partial charge in [0.05, 0.1) is 13.0 Å². The summed E-state index contributed by atoms with van der Waals surface area (Å²) < 4.78 is 5.63. The monoisotopic (exact) mass is 435 g/mol. The largest absolute Gasteiger partial charge is 0.508 e. The molecule has 1 aliphatic carbocycles. The molecule has 1 amide bonds. The number of ether oxygens (including phenoxy) is 1. The maximum absolute atomic E-state index is 13.5. The zero-order valence-electron chi connectivity index (χ0n) is 19.0. The zero-order valence-corrected chi connectivity index (χ0v) is 19.0. The molecule has 0 unspecified atom stereocenters. The Kier molecular flexibility index (Phi) is 5.72. The first-order valence-electron chi connectivity index (χ1n) is 11.7. The second-order valence-electron chi connectivity index (χ2n) is 9.53. The SMILES string of the molecule is COc1cccc2c1C[C@H]1C[C@@H](C(=O)N3CCN(c4ccc(O)cc4)CC3)CN(C)[C@@H]1C2. The number of likely N-dealkylation sites (N-methyl/N-ethyl adjacent to an activating group) is 1. The van der Waals surface area contributed by atoms with Crippen LogP contribution in [0.2, 0.25) is 0 Å². The topological polar surface area (TPSA) is 56.3 Å². The van der Waals surface area contributed by atoms with Crippen molar-refractivity contribution < 1.29 is 14.6 Å². The minimum atomic E-state index is 0.0673. The molecular formula is C26H33N3O3. The van der Waals surface area contributed by atoms with Crippen molar-refractivity contribution in [3.05, 3.63) is 53.6 Å². The maximum atomic E-state index is 13.5. The lowest BCUT2D eigenvalue weighted by atomic mass is 9.72. The normalized spacial score (nSPS) is 25.8. The Morgan fingerprint density at radius 2 is 1.78 bits per heavy atom. The third-order valence-electron chi connectivity index (χ3n) is 7.71. The number of nitrogens with zero attached hydrogens (tertiary/aromatic N) is 3. The lowest BCUT2D eigenvalue weighted by Gasteiger charge is -2.47. The molecule has 1 N–H and O–H groups in total. The molecule has 3 atom stereocenters. The standard InChI is InChI=1S/C26H33N3O3/c1-27-17-20(14-19-15-23-18(16-24(19)27)4-3-5-25(23)32-2)26(31)29-12-10-28(11-13-29)21-6-8-22(30)9-7-21/h3-9,19-20,24,30H,10-17H2,1-2H3/t19-,20-,24-/m1/s1. The summed E-state index contributed by atoms with van der Waals surface area (Å²) in [5.41, 5.74) is 3.83. The van der Waals surface area contributed by atoms with Crippen LogP contribution in [0.4, 0.5) is 5.69 Å². The van der Waals surface area contributed by atoms with Crippen LogP contribution in [0.15, 0.2) is 42.5 Å². The average Bonchev–Trinajstić information content (AvgIpc) is 2.82. The number of benzene rings is 2. The Balaban J connectivity index is 1.24. The number of likely N-dealkylation sites (tertiary alicyclic amines) is 1. The number of hydrogen-bond donors (Lipinski definition) is 1. The van der Waals surface area contributed by atoms with Gasteiger partial charge in [0.15, 0.2) is 0 Å². The van der Waals surface area contributed by atoms with E-state index in [0.29, 0.717) is 17.9 Å². The Morgan fingerprint density at radius 1 is 1.03 bits per heavy atom. The number of fused-ring (bicyclic) bond motifs is 2. The van der Waals surface area contributed by atoms with Crippen molar-refractivity contribution in [2.75, 3.05) is 51.8 Å². The summed E-state index contributed by atoms with van der Waals surface area (Å²) in [6.07, 6.45) is 3.00. The lowest BCUT2D eigenvalue weighted by molar-refractivity contribution is -0.139. The van der Waals surface area contributed by atoms with Crippen LogP contribution in [0.5, 0.6) is 11.5 Å². The third kappa shape index (κ3) is 3.92. The summed E-state index contributed by atoms with van der Waals surface area (Å²) in [7, 11) is 3.93. The van der Waals surface area contributed by atoms with E-state index in [1.54, 1.807) is 19.2 Å². The van der Waals surface area contributed by atoms with Gasteiger partial charge in [0.25, 0.3) is 0 Å². The van der Waals surface area contributed by atoms with Gasteiger partial charge in [-0.1, -0.05) is 12.1 Å². The van der Waals surface area contributed by atoms with Gasteiger partial charge < -0.3 is 24.5 Å². The number of carbonyl (C=O) groups excluding carboxylic acids is 1. The van der Waals surface area contributed by atoms with E-state index < -0.39 is 0 Å². The quantitative estimate of drug-likeness (QED) is 0.804. The molecule has 2 aromatic carbocycles. The molecule has 2 aliphatic heterocycles. The average molecular weight is 436 g/mol. The zero-order chi connectivity index (χ0) is 22.2. The molecule has 2 fully saturated rings. The fourth-order valence-corrected chi connectivity index (χ4v) is 5.98. The molecule has 0 aromatic heterocycles. The van der Waals surface area contributed by atoms with Gasteiger partial charge in [0.2, 0.25) is 5.91 Å². The molecule has 170 valence electrons. The number of carbonyl (C=O) groups is 1. The minimum Gasteiger partial charge on any atom is -0.508 e. The number of hydrogen-bond acceptors (Lipinski definition) is 5. The lowest BCUT2D eigenvalue weighted by Crippen LogP contribution is -2.56. The summed E-state index contributed by atoms with van der Waals surface area (Å²) in [6.45, 7) is 4.01. The first kappa shape index (κ1) is 21.1. The Labute approximate surface area is 190 Å². The van der Waals surface area contributed by atoms with Crippen LogP contribution < -0.4 is 9.64 Å². The van der Waals surface area contributed by atoms with Gasteiger partial charge in [-0.2, -0.15) is 0 Å². The van der Waals surface area contributed by atoms with Gasteiger partial charge in [-0.15, -0.1) is 0 Å². The van der Waals surface area contributed by atoms with Crippen molar-refractivity contribution in [3.8, 4) is 11.5 Å². The van der Waals surface area contributed by atoms with E-state index >= 15 is 0 Å². The van der Waals surface area contributed by atoms with Crippen molar-refractivity contribution in [1.29, 1.82) is 0 Å². The molecule has 2 heterocycles. The van der Waals surface area contributed by atoms with E-state index in [9.17, 15) is 9.90 Å². The van der Waals surface area contributed by atoms with Crippen LogP contribution in [0.3, 0.4) is 0 Å². The van der Waals surface area contributed by atoms with Gasteiger partial charge in [-0.25, -0.2) is 0 Å². The van der Waals surface area contributed by atoms with E-state index in [2.05, 4.69) is 39.9 Å². The van der Waals surface area contributed by atoms with Gasteiger partial charge >= 0.3 is 0 Å². The van der Waals surface area contributed by atoms with Crippen LogP contribution >= 0.6 is 0 Å². The van der Waals surface area contributed by atoms with Crippen LogP contribution in [0.1, 0.15) is 17.5 Å². The molecule has 3 aliphatic rings. The number of piperidine rings is 1. The van der Waals surface area contributed by atoms with Crippen molar-refractivity contribution in [2.24, 2.45) is 11.8 Å².